The van der Waals surface area contributed by atoms with Crippen molar-refractivity contribution in [2.75, 3.05) is 66.5 Å². The van der Waals surface area contributed by atoms with E-state index in [1.54, 1.807) is 0 Å². The Morgan fingerprint density at radius 2 is 1.76 bits per heavy atom. The molecule has 3 aliphatic rings. The Labute approximate surface area is 180 Å². The van der Waals surface area contributed by atoms with Crippen molar-refractivity contribution in [3.05, 3.63) is 0 Å². The molecule has 0 radical (unpaired) electrons. The second-order valence-corrected chi connectivity index (χ2v) is 10.7. The molecule has 0 bridgehead atoms. The Balaban J connectivity index is 1.39. The van der Waals surface area contributed by atoms with Crippen LogP contribution in [0.4, 0.5) is 0 Å². The number of hydrogen-bond acceptors (Lipinski definition) is 6. The smallest absolute Gasteiger partial charge is 0.0348 e. The molecule has 3 aliphatic heterocycles. The largest absolute Gasteiger partial charge is 0.315 e. The van der Waals surface area contributed by atoms with E-state index in [0.717, 1.165) is 31.2 Å². The number of nitrogens with one attached hydrogen (secondary N) is 2. The predicted octanol–water partition coefficient (Wildman–Crippen LogP) is 1.14. The number of nitrogens with zero attached hydrogens (tertiary/aromatic N) is 4. The predicted molar refractivity (Wildman–Crippen MR) is 124 cm³/mol. The number of rotatable bonds is 12. The van der Waals surface area contributed by atoms with Crippen LogP contribution in [0.2, 0.25) is 0 Å². The van der Waals surface area contributed by atoms with Gasteiger partial charge in [-0.05, 0) is 61.2 Å². The Morgan fingerprint density at radius 3 is 2.24 bits per heavy atom. The standard InChI is InChI=1S/C23H48N6/c1-8-20(27-13-19(14-27)24-6)9-10-26(7)22-15-28(16-22)23(4,5)17-29(18(2)3)21-11-25-12-21/h18-22,24-25H,8-17H2,1-7H3. The quantitative estimate of drug-likeness (QED) is 0.504. The first kappa shape index (κ1) is 23.4. The number of likely N-dealkylation sites (tertiary alicyclic amines) is 2. The molecular weight excluding hydrogens is 360 g/mol. The van der Waals surface area contributed by atoms with Gasteiger partial charge in [-0.3, -0.25) is 14.7 Å². The fourth-order valence-corrected chi connectivity index (χ4v) is 5.19. The summed E-state index contributed by atoms with van der Waals surface area (Å²) in [4.78, 5) is 10.7. The summed E-state index contributed by atoms with van der Waals surface area (Å²) in [5.41, 5.74) is 0.253. The zero-order chi connectivity index (χ0) is 21.2. The van der Waals surface area contributed by atoms with E-state index in [1.807, 2.05) is 0 Å². The van der Waals surface area contributed by atoms with Crippen molar-refractivity contribution in [1.29, 1.82) is 0 Å². The second-order valence-electron chi connectivity index (χ2n) is 10.7. The van der Waals surface area contributed by atoms with Crippen LogP contribution in [0.1, 0.15) is 47.5 Å². The summed E-state index contributed by atoms with van der Waals surface area (Å²) in [6.45, 7) is 21.6. The minimum atomic E-state index is 0.253. The molecule has 0 amide bonds. The van der Waals surface area contributed by atoms with Crippen molar-refractivity contribution >= 4 is 0 Å². The molecule has 6 heteroatoms. The van der Waals surface area contributed by atoms with Crippen molar-refractivity contribution in [2.45, 2.75) is 83.2 Å². The summed E-state index contributed by atoms with van der Waals surface area (Å²) in [5, 5.41) is 6.84. The van der Waals surface area contributed by atoms with E-state index in [-0.39, 0.29) is 5.54 Å². The van der Waals surface area contributed by atoms with E-state index < -0.39 is 0 Å². The Bertz CT molecular complexity index is 494. The summed E-state index contributed by atoms with van der Waals surface area (Å²) >= 11 is 0. The van der Waals surface area contributed by atoms with Crippen LogP contribution in [0, 0.1) is 0 Å². The first-order valence-corrected chi connectivity index (χ1v) is 12.1. The first-order valence-electron chi connectivity index (χ1n) is 12.1. The van der Waals surface area contributed by atoms with E-state index >= 15 is 0 Å². The minimum Gasteiger partial charge on any atom is -0.315 e. The van der Waals surface area contributed by atoms with Crippen LogP contribution in [0.3, 0.4) is 0 Å². The van der Waals surface area contributed by atoms with Crippen molar-refractivity contribution in [3.8, 4) is 0 Å². The van der Waals surface area contributed by atoms with Gasteiger partial charge in [0, 0.05) is 81.6 Å². The average Bonchev–Trinajstić information content (AvgIpc) is 2.52. The fourth-order valence-electron chi connectivity index (χ4n) is 5.19. The van der Waals surface area contributed by atoms with E-state index in [1.165, 1.54) is 52.1 Å². The van der Waals surface area contributed by atoms with Crippen molar-refractivity contribution < 1.29 is 0 Å². The highest BCUT2D eigenvalue weighted by Crippen LogP contribution is 2.28. The lowest BCUT2D eigenvalue weighted by Gasteiger charge is -2.55. The van der Waals surface area contributed by atoms with E-state index in [2.05, 4.69) is 78.9 Å². The summed E-state index contributed by atoms with van der Waals surface area (Å²) in [5.74, 6) is 0. The SMILES string of the molecule is CCC(CCN(C)C1CN(C(C)(C)CN(C(C)C)C2CNC2)C1)N1CC(NC)C1. The molecule has 3 saturated heterocycles. The van der Waals surface area contributed by atoms with Crippen LogP contribution in [-0.2, 0) is 0 Å². The third kappa shape index (κ3) is 5.52. The van der Waals surface area contributed by atoms with Gasteiger partial charge >= 0.3 is 0 Å². The van der Waals surface area contributed by atoms with Gasteiger partial charge in [-0.1, -0.05) is 6.92 Å². The zero-order valence-electron chi connectivity index (χ0n) is 20.2. The average molecular weight is 409 g/mol. The normalized spacial score (nSPS) is 24.2. The van der Waals surface area contributed by atoms with Crippen LogP contribution in [0.25, 0.3) is 0 Å². The lowest BCUT2D eigenvalue weighted by atomic mass is 9.92. The van der Waals surface area contributed by atoms with Gasteiger partial charge in [-0.15, -0.1) is 0 Å². The molecule has 6 nitrogen and oxygen atoms in total. The maximum atomic E-state index is 3.44. The van der Waals surface area contributed by atoms with Crippen molar-refractivity contribution in [3.63, 3.8) is 0 Å². The van der Waals surface area contributed by atoms with Gasteiger partial charge in [-0.25, -0.2) is 0 Å². The second kappa shape index (κ2) is 9.92. The molecule has 0 aromatic rings. The topological polar surface area (TPSA) is 37.0 Å². The number of hydrogen-bond donors (Lipinski definition) is 2. The van der Waals surface area contributed by atoms with Gasteiger partial charge in [0.1, 0.15) is 0 Å². The monoisotopic (exact) mass is 408 g/mol. The molecule has 0 spiro atoms. The van der Waals surface area contributed by atoms with Gasteiger partial charge < -0.3 is 15.5 Å². The molecule has 3 fully saturated rings. The molecule has 0 aliphatic carbocycles. The number of likely N-dealkylation sites (N-methyl/N-ethyl adjacent to an activating group) is 2. The summed E-state index contributed by atoms with van der Waals surface area (Å²) in [6.07, 6.45) is 2.58. The molecule has 0 saturated carbocycles. The van der Waals surface area contributed by atoms with Gasteiger partial charge in [0.15, 0.2) is 0 Å². The van der Waals surface area contributed by atoms with Crippen LogP contribution in [-0.4, -0.2) is 122 Å². The Morgan fingerprint density at radius 1 is 1.10 bits per heavy atom. The highest BCUT2D eigenvalue weighted by atomic mass is 15.4. The molecule has 1 unspecified atom stereocenters. The van der Waals surface area contributed by atoms with Crippen LogP contribution in [0.15, 0.2) is 0 Å². The van der Waals surface area contributed by atoms with Gasteiger partial charge in [0.05, 0.1) is 0 Å². The molecule has 29 heavy (non-hydrogen) atoms. The van der Waals surface area contributed by atoms with E-state index in [4.69, 9.17) is 0 Å². The molecular formula is C23H48N6. The van der Waals surface area contributed by atoms with Crippen LogP contribution < -0.4 is 10.6 Å². The maximum absolute atomic E-state index is 3.44. The molecule has 1 atom stereocenters. The highest BCUT2D eigenvalue weighted by molar-refractivity contribution is 4.99. The highest BCUT2D eigenvalue weighted by Gasteiger charge is 2.41. The third-order valence-electron chi connectivity index (χ3n) is 7.92. The lowest BCUT2D eigenvalue weighted by molar-refractivity contribution is -0.0501. The van der Waals surface area contributed by atoms with Crippen molar-refractivity contribution in [2.24, 2.45) is 0 Å². The van der Waals surface area contributed by atoms with Crippen LogP contribution >= 0.6 is 0 Å². The molecule has 3 heterocycles. The minimum absolute atomic E-state index is 0.253. The maximum Gasteiger partial charge on any atom is 0.0348 e. The van der Waals surface area contributed by atoms with E-state index in [0.29, 0.717) is 12.1 Å². The Hall–Kier alpha value is -0.240. The molecule has 170 valence electrons. The molecule has 0 aromatic carbocycles. The lowest BCUT2D eigenvalue weighted by Crippen LogP contribution is -2.69. The Kier molecular flexibility index (Phi) is 8.01. The third-order valence-corrected chi connectivity index (χ3v) is 7.92. The molecule has 3 rings (SSSR count). The van der Waals surface area contributed by atoms with E-state index in [9.17, 15) is 0 Å². The summed E-state index contributed by atoms with van der Waals surface area (Å²) in [7, 11) is 4.43. The zero-order valence-corrected chi connectivity index (χ0v) is 20.2. The molecule has 0 aromatic heterocycles. The first-order chi connectivity index (χ1) is 13.7. The summed E-state index contributed by atoms with van der Waals surface area (Å²) in [6, 6.07) is 3.54. The van der Waals surface area contributed by atoms with Gasteiger partial charge in [-0.2, -0.15) is 0 Å². The summed E-state index contributed by atoms with van der Waals surface area (Å²) < 4.78 is 0. The van der Waals surface area contributed by atoms with Crippen molar-refractivity contribution in [1.82, 2.24) is 30.2 Å². The van der Waals surface area contributed by atoms with Gasteiger partial charge in [0.2, 0.25) is 0 Å². The van der Waals surface area contributed by atoms with Crippen LogP contribution in [0.5, 0.6) is 0 Å². The fraction of sp³-hybridized carbons (Fsp3) is 1.00. The molecule has 2 N–H and O–H groups in total. The van der Waals surface area contributed by atoms with Gasteiger partial charge in [0.25, 0.3) is 0 Å².